The number of ether oxygens (including phenoxy) is 2. The van der Waals surface area contributed by atoms with E-state index in [0.717, 1.165) is 5.56 Å². The topological polar surface area (TPSA) is 81.7 Å². The van der Waals surface area contributed by atoms with Crippen LogP contribution in [0.25, 0.3) is 0 Å². The fourth-order valence-corrected chi connectivity index (χ4v) is 2.79. The van der Waals surface area contributed by atoms with E-state index in [1.807, 2.05) is 44.2 Å². The molecule has 0 saturated carbocycles. The van der Waals surface area contributed by atoms with E-state index in [4.69, 9.17) is 9.47 Å². The largest absolute Gasteiger partial charge is 0.497 e. The molecule has 154 valence electrons. The van der Waals surface area contributed by atoms with E-state index in [1.54, 1.807) is 31.4 Å². The Bertz CT molecular complexity index is 830. The van der Waals surface area contributed by atoms with E-state index < -0.39 is 18.1 Å². The van der Waals surface area contributed by atoms with Crippen molar-refractivity contribution in [2.45, 2.75) is 39.3 Å². The number of amides is 1. The van der Waals surface area contributed by atoms with Crippen LogP contribution in [0, 0.1) is 5.92 Å². The summed E-state index contributed by atoms with van der Waals surface area (Å²) in [6.07, 6.45) is -0.805. The Morgan fingerprint density at radius 2 is 1.55 bits per heavy atom. The lowest BCUT2D eigenvalue weighted by Gasteiger charge is -2.23. The molecule has 0 aromatic heterocycles. The third-order valence-electron chi connectivity index (χ3n) is 4.48. The highest BCUT2D eigenvalue weighted by molar-refractivity contribution is 6.00. The Balaban J connectivity index is 1.98. The van der Waals surface area contributed by atoms with E-state index in [2.05, 4.69) is 5.32 Å². The molecule has 0 unspecified atom stereocenters. The van der Waals surface area contributed by atoms with Crippen LogP contribution in [0.2, 0.25) is 0 Å². The summed E-state index contributed by atoms with van der Waals surface area (Å²) < 4.78 is 10.4. The molecule has 6 heteroatoms. The number of Topliss-reactive ketones (excluding diaryl/α,β-unsaturated/α-hetero) is 1. The average molecular weight is 397 g/mol. The van der Waals surface area contributed by atoms with Gasteiger partial charge in [-0.25, -0.2) is 4.79 Å². The molecule has 0 aliphatic rings. The molecule has 0 bridgehead atoms. The average Bonchev–Trinajstić information content (AvgIpc) is 2.71. The van der Waals surface area contributed by atoms with E-state index in [-0.39, 0.29) is 24.0 Å². The molecule has 0 aliphatic carbocycles. The standard InChI is InChI=1S/C23H27NO5/c1-15(2)21(24-20(25)14-17-8-6-5-7-9-17)23(27)29-16(3)22(26)18-10-12-19(28-4)13-11-18/h5-13,15-16,21H,14H2,1-4H3,(H,24,25)/t16-,21+/m1/s1. The number of methoxy groups -OCH3 is 1. The minimum absolute atomic E-state index is 0.164. The summed E-state index contributed by atoms with van der Waals surface area (Å²) in [4.78, 5) is 37.5. The molecule has 0 radical (unpaired) electrons. The number of carbonyl (C=O) groups is 3. The van der Waals surface area contributed by atoms with Crippen molar-refractivity contribution in [3.63, 3.8) is 0 Å². The Labute approximate surface area is 171 Å². The van der Waals surface area contributed by atoms with Crippen LogP contribution < -0.4 is 10.1 Å². The molecule has 0 spiro atoms. The van der Waals surface area contributed by atoms with Gasteiger partial charge >= 0.3 is 5.97 Å². The molecular formula is C23H27NO5. The van der Waals surface area contributed by atoms with Gasteiger partial charge in [0.25, 0.3) is 0 Å². The van der Waals surface area contributed by atoms with Crippen LogP contribution in [0.3, 0.4) is 0 Å². The number of nitrogens with one attached hydrogen (secondary N) is 1. The van der Waals surface area contributed by atoms with Gasteiger partial charge < -0.3 is 14.8 Å². The van der Waals surface area contributed by atoms with Gasteiger partial charge in [0, 0.05) is 5.56 Å². The van der Waals surface area contributed by atoms with Crippen LogP contribution in [-0.4, -0.2) is 36.9 Å². The van der Waals surface area contributed by atoms with Crippen molar-refractivity contribution in [2.24, 2.45) is 5.92 Å². The van der Waals surface area contributed by atoms with Gasteiger partial charge in [0.05, 0.1) is 13.5 Å². The van der Waals surface area contributed by atoms with Crippen LogP contribution in [0.15, 0.2) is 54.6 Å². The predicted octanol–water partition coefficient (Wildman–Crippen LogP) is 3.19. The van der Waals surface area contributed by atoms with Crippen molar-refractivity contribution in [2.75, 3.05) is 7.11 Å². The van der Waals surface area contributed by atoms with E-state index in [1.165, 1.54) is 6.92 Å². The van der Waals surface area contributed by atoms with Gasteiger partial charge in [0.2, 0.25) is 11.7 Å². The summed E-state index contributed by atoms with van der Waals surface area (Å²) in [5.41, 5.74) is 1.27. The van der Waals surface area contributed by atoms with Gasteiger partial charge in [-0.15, -0.1) is 0 Å². The number of benzene rings is 2. The zero-order valence-electron chi connectivity index (χ0n) is 17.2. The summed E-state index contributed by atoms with van der Waals surface area (Å²) in [6.45, 7) is 5.14. The van der Waals surface area contributed by atoms with E-state index in [9.17, 15) is 14.4 Å². The third-order valence-corrected chi connectivity index (χ3v) is 4.48. The second-order valence-electron chi connectivity index (χ2n) is 7.12. The Morgan fingerprint density at radius 1 is 0.931 bits per heavy atom. The molecule has 2 aromatic carbocycles. The van der Waals surface area contributed by atoms with Crippen molar-refractivity contribution >= 4 is 17.7 Å². The Kier molecular flexibility index (Phi) is 7.95. The number of hydrogen-bond donors (Lipinski definition) is 1. The van der Waals surface area contributed by atoms with E-state index >= 15 is 0 Å². The number of ketones is 1. The summed E-state index contributed by atoms with van der Waals surface area (Å²) in [5, 5.41) is 2.72. The van der Waals surface area contributed by atoms with Gasteiger partial charge in [-0.2, -0.15) is 0 Å². The van der Waals surface area contributed by atoms with Crippen molar-refractivity contribution in [3.05, 3.63) is 65.7 Å². The molecule has 0 fully saturated rings. The summed E-state index contributed by atoms with van der Waals surface area (Å²) in [7, 11) is 1.54. The second kappa shape index (κ2) is 10.4. The van der Waals surface area contributed by atoms with E-state index in [0.29, 0.717) is 11.3 Å². The molecule has 2 aromatic rings. The zero-order valence-corrected chi connectivity index (χ0v) is 17.2. The van der Waals surface area contributed by atoms with Crippen LogP contribution >= 0.6 is 0 Å². The summed E-state index contributed by atoms with van der Waals surface area (Å²) in [5.74, 6) is -0.784. The highest BCUT2D eigenvalue weighted by Gasteiger charge is 2.29. The highest BCUT2D eigenvalue weighted by atomic mass is 16.5. The fraction of sp³-hybridized carbons (Fsp3) is 0.348. The smallest absolute Gasteiger partial charge is 0.329 e. The lowest BCUT2D eigenvalue weighted by atomic mass is 10.0. The molecule has 1 N–H and O–H groups in total. The number of carbonyl (C=O) groups excluding carboxylic acids is 3. The summed E-state index contributed by atoms with van der Waals surface area (Å²) >= 11 is 0. The monoisotopic (exact) mass is 397 g/mol. The molecule has 0 saturated heterocycles. The van der Waals surface area contributed by atoms with Crippen molar-refractivity contribution in [1.29, 1.82) is 0 Å². The van der Waals surface area contributed by atoms with Crippen molar-refractivity contribution in [1.82, 2.24) is 5.32 Å². The SMILES string of the molecule is COc1ccc(C(=O)[C@@H](C)OC(=O)[C@@H](NC(=O)Cc2ccccc2)C(C)C)cc1. The van der Waals surface area contributed by atoms with Crippen molar-refractivity contribution in [3.8, 4) is 5.75 Å². The van der Waals surface area contributed by atoms with Gasteiger partial charge in [0.1, 0.15) is 11.8 Å². The molecular weight excluding hydrogens is 370 g/mol. The normalized spacial score (nSPS) is 12.7. The first-order chi connectivity index (χ1) is 13.8. The summed E-state index contributed by atoms with van der Waals surface area (Å²) in [6, 6.07) is 15.0. The number of hydrogen-bond acceptors (Lipinski definition) is 5. The lowest BCUT2D eigenvalue weighted by molar-refractivity contribution is -0.151. The maximum atomic E-state index is 12.6. The first kappa shape index (κ1) is 22.1. The first-order valence-corrected chi connectivity index (χ1v) is 9.54. The quantitative estimate of drug-likeness (QED) is 0.519. The molecule has 1 amide bonds. The van der Waals surface area contributed by atoms with Crippen LogP contribution in [-0.2, 0) is 20.7 Å². The molecule has 2 atom stereocenters. The number of rotatable bonds is 9. The Morgan fingerprint density at radius 3 is 2.10 bits per heavy atom. The molecule has 2 rings (SSSR count). The lowest BCUT2D eigenvalue weighted by Crippen LogP contribution is -2.47. The Hall–Kier alpha value is -3.15. The fourth-order valence-electron chi connectivity index (χ4n) is 2.79. The molecule has 0 heterocycles. The van der Waals surface area contributed by atoms with Crippen LogP contribution in [0.1, 0.15) is 36.7 Å². The van der Waals surface area contributed by atoms with Gasteiger partial charge in [-0.05, 0) is 42.7 Å². The first-order valence-electron chi connectivity index (χ1n) is 9.54. The van der Waals surface area contributed by atoms with Crippen LogP contribution in [0.4, 0.5) is 0 Å². The minimum atomic E-state index is -0.969. The second-order valence-corrected chi connectivity index (χ2v) is 7.12. The molecule has 29 heavy (non-hydrogen) atoms. The zero-order chi connectivity index (χ0) is 21.4. The maximum Gasteiger partial charge on any atom is 0.329 e. The number of esters is 1. The predicted molar refractivity (Wildman–Crippen MR) is 110 cm³/mol. The molecule has 0 aliphatic heterocycles. The van der Waals surface area contributed by atoms with Gasteiger partial charge in [0.15, 0.2) is 6.10 Å². The van der Waals surface area contributed by atoms with Gasteiger partial charge in [-0.3, -0.25) is 9.59 Å². The minimum Gasteiger partial charge on any atom is -0.497 e. The maximum absolute atomic E-state index is 12.6. The molecule has 6 nitrogen and oxygen atoms in total. The van der Waals surface area contributed by atoms with Gasteiger partial charge in [-0.1, -0.05) is 44.2 Å². The van der Waals surface area contributed by atoms with Crippen molar-refractivity contribution < 1.29 is 23.9 Å². The third kappa shape index (κ3) is 6.45. The van der Waals surface area contributed by atoms with Crippen LogP contribution in [0.5, 0.6) is 5.75 Å². The highest BCUT2D eigenvalue weighted by Crippen LogP contribution is 2.15.